The van der Waals surface area contributed by atoms with Crippen molar-refractivity contribution < 1.29 is 72.1 Å². The fourth-order valence-corrected chi connectivity index (χ4v) is 11.4. The number of nitrogen functional groups attached to an aromatic ring is 1. The Morgan fingerprint density at radius 2 is 0.806 bits per heavy atom. The number of imide groups is 4. The van der Waals surface area contributed by atoms with E-state index < -0.39 is 76.5 Å². The molecule has 0 bridgehead atoms. The predicted octanol–water partition coefficient (Wildman–Crippen LogP) is 12.5. The molecular weight excluding hydrogens is 1190 g/mol. The topological polar surface area (TPSA) is 336 Å². The number of carbonyl (C=O) groups is 12. The van der Waals surface area contributed by atoms with Crippen molar-refractivity contribution in [3.05, 3.63) is 58.7 Å². The lowest BCUT2D eigenvalue weighted by molar-refractivity contribution is -0.138. The van der Waals surface area contributed by atoms with E-state index in [2.05, 4.69) is 26.6 Å². The summed E-state index contributed by atoms with van der Waals surface area (Å²) in [6.07, 6.45) is 33.2. The molecule has 0 spiro atoms. The van der Waals surface area contributed by atoms with E-state index in [1.54, 1.807) is 18.2 Å². The SMILES string of the molecule is CC(C)(C)OC(=O)NCCCCCCCCCCCCCCCCC(=O)Nc1cccc2c1C(=O)N(C1CCC(=O)NC1=O)C2=O.CC(C)(C)OC(=O)NCCCCCCCCCCCCCCCCC(=O)O.Nc1cccc2c1C(=O)N(C1CCC(=O)NC1=O)C2=O. The first-order valence-corrected chi connectivity index (χ1v) is 34.2. The Labute approximate surface area is 549 Å². The number of carbonyl (C=O) groups excluding carboxylic acids is 11. The summed E-state index contributed by atoms with van der Waals surface area (Å²) in [7, 11) is 0. The van der Waals surface area contributed by atoms with E-state index in [1.165, 1.54) is 134 Å². The molecule has 0 aliphatic carbocycles. The van der Waals surface area contributed by atoms with Gasteiger partial charge in [0, 0.05) is 44.5 Å². The van der Waals surface area contributed by atoms with Crippen molar-refractivity contribution in [2.45, 2.75) is 283 Å². The summed E-state index contributed by atoms with van der Waals surface area (Å²) < 4.78 is 10.4. The number of amides is 11. The molecule has 0 radical (unpaired) electrons. The molecule has 2 saturated heterocycles. The van der Waals surface area contributed by atoms with Crippen molar-refractivity contribution in [2.24, 2.45) is 0 Å². The van der Waals surface area contributed by atoms with E-state index in [9.17, 15) is 57.5 Å². The number of nitrogens with one attached hydrogen (secondary N) is 5. The number of unbranched alkanes of at least 4 members (excludes halogenated alkanes) is 26. The standard InChI is InChI=1S/C35H52N4O7.C22H43NO4.C13H11N3O4/c1-35(2,3)46-34(45)36-24-17-15-13-11-9-7-5-4-6-8-10-12-14-16-21-28(40)37-26-20-18-19-25-30(26)33(44)39(32(25)43)27-22-23-29(41)38-31(27)42;1-22(2,3)27-21(26)23-19-17-15-13-11-9-7-5-4-6-8-10-12-14-16-18-20(24)25;14-7-3-1-2-6-10(7)13(20)16(12(6)19)8-4-5-9(17)15-11(8)18/h18-20,27H,4-17,21-24H2,1-3H3,(H,36,45)(H,37,40)(H,38,41,42);4-19H2,1-3H3,(H,23,26)(H,24,25);1-3,8H,4-5,14H2,(H,15,17,18). The van der Waals surface area contributed by atoms with Gasteiger partial charge < -0.3 is 36.3 Å². The van der Waals surface area contributed by atoms with Gasteiger partial charge in [-0.3, -0.25) is 68.4 Å². The summed E-state index contributed by atoms with van der Waals surface area (Å²) in [4.78, 5) is 145. The van der Waals surface area contributed by atoms with E-state index in [4.69, 9.17) is 20.3 Å². The number of fused-ring (bicyclic) bond motifs is 2. The molecule has 0 aromatic heterocycles. The number of ether oxygens (including phenoxy) is 2. The van der Waals surface area contributed by atoms with Crippen LogP contribution in [0.2, 0.25) is 0 Å². The minimum absolute atomic E-state index is 0.0503. The van der Waals surface area contributed by atoms with E-state index in [-0.39, 0.29) is 77.4 Å². The van der Waals surface area contributed by atoms with Gasteiger partial charge in [0.25, 0.3) is 23.6 Å². The second-order valence-corrected chi connectivity index (χ2v) is 26.6. The number of benzene rings is 2. The maximum absolute atomic E-state index is 13.2. The van der Waals surface area contributed by atoms with Gasteiger partial charge in [-0.2, -0.15) is 0 Å². The van der Waals surface area contributed by atoms with Crippen molar-refractivity contribution in [1.82, 2.24) is 31.1 Å². The zero-order chi connectivity index (χ0) is 68.3. The molecule has 2 unspecified atom stereocenters. The Kier molecular flexibility index (Phi) is 34.3. The van der Waals surface area contributed by atoms with Gasteiger partial charge >= 0.3 is 18.2 Å². The fourth-order valence-electron chi connectivity index (χ4n) is 11.4. The first-order valence-electron chi connectivity index (χ1n) is 34.2. The van der Waals surface area contributed by atoms with Crippen molar-refractivity contribution in [3.63, 3.8) is 0 Å². The zero-order valence-corrected chi connectivity index (χ0v) is 56.2. The second kappa shape index (κ2) is 41.1. The molecule has 11 amide bonds. The van der Waals surface area contributed by atoms with Gasteiger partial charge in [-0.1, -0.05) is 166 Å². The summed E-state index contributed by atoms with van der Waals surface area (Å²) in [5.41, 5.74) is 5.87. The highest BCUT2D eigenvalue weighted by molar-refractivity contribution is 6.27. The Balaban J connectivity index is 0.000000330. The second-order valence-electron chi connectivity index (χ2n) is 26.6. The average Bonchev–Trinajstić information content (AvgIpc) is 1.62. The molecule has 6 rings (SSSR count). The molecule has 23 nitrogen and oxygen atoms in total. The molecule has 8 N–H and O–H groups in total. The summed E-state index contributed by atoms with van der Waals surface area (Å²) in [6, 6.07) is 7.30. The Hall–Kier alpha value is -7.72. The lowest BCUT2D eigenvalue weighted by Crippen LogP contribution is -2.54. The van der Waals surface area contributed by atoms with Gasteiger partial charge in [-0.25, -0.2) is 9.59 Å². The Bertz CT molecular complexity index is 2840. The number of alkyl carbamates (subject to hydrolysis) is 2. The van der Waals surface area contributed by atoms with Crippen LogP contribution in [0.5, 0.6) is 0 Å². The lowest BCUT2D eigenvalue weighted by atomic mass is 10.0. The number of piperidine rings is 2. The maximum Gasteiger partial charge on any atom is 0.407 e. The molecule has 2 aromatic rings. The normalized spacial score (nSPS) is 16.1. The molecule has 2 aromatic carbocycles. The van der Waals surface area contributed by atoms with Gasteiger partial charge in [0.1, 0.15) is 23.3 Å². The van der Waals surface area contributed by atoms with Crippen LogP contribution in [0.1, 0.15) is 301 Å². The highest BCUT2D eigenvalue weighted by Gasteiger charge is 2.47. The predicted molar refractivity (Wildman–Crippen MR) is 354 cm³/mol. The van der Waals surface area contributed by atoms with Crippen molar-refractivity contribution >= 4 is 82.7 Å². The van der Waals surface area contributed by atoms with Gasteiger partial charge in [0.15, 0.2) is 0 Å². The monoisotopic (exact) mass is 1300 g/mol. The Morgan fingerprint density at radius 3 is 1.16 bits per heavy atom. The molecule has 4 aliphatic rings. The van der Waals surface area contributed by atoms with Crippen LogP contribution in [0.3, 0.4) is 0 Å². The van der Waals surface area contributed by atoms with Gasteiger partial charge in [-0.05, 0) is 104 Å². The van der Waals surface area contributed by atoms with Crippen LogP contribution < -0.4 is 32.3 Å². The number of carboxylic acid groups (broad SMARTS) is 1. The molecule has 516 valence electrons. The molecule has 4 aliphatic heterocycles. The van der Waals surface area contributed by atoms with Crippen LogP contribution in [0, 0.1) is 0 Å². The number of aliphatic carboxylic acids is 1. The summed E-state index contributed by atoms with van der Waals surface area (Å²) in [6.45, 7) is 12.6. The summed E-state index contributed by atoms with van der Waals surface area (Å²) in [5.74, 6) is -5.37. The number of carboxylic acids is 1. The molecular formula is C70H106N8O15. The first kappa shape index (κ1) is 77.7. The fraction of sp³-hybridized carbons (Fsp3) is 0.657. The number of nitrogens with two attached hydrogens (primary N) is 1. The van der Waals surface area contributed by atoms with Crippen LogP contribution in [0.25, 0.3) is 0 Å². The lowest BCUT2D eigenvalue weighted by Gasteiger charge is -2.27. The third-order valence-corrected chi connectivity index (χ3v) is 16.2. The van der Waals surface area contributed by atoms with Gasteiger partial charge in [0.05, 0.1) is 27.9 Å². The smallest absolute Gasteiger partial charge is 0.407 e. The molecule has 2 fully saturated rings. The third kappa shape index (κ3) is 29.0. The average molecular weight is 1300 g/mol. The number of hydrogen-bond donors (Lipinski definition) is 7. The minimum Gasteiger partial charge on any atom is -0.481 e. The zero-order valence-electron chi connectivity index (χ0n) is 56.2. The van der Waals surface area contributed by atoms with Crippen LogP contribution in [0.15, 0.2) is 36.4 Å². The molecule has 93 heavy (non-hydrogen) atoms. The summed E-state index contributed by atoms with van der Waals surface area (Å²) in [5, 5.41) is 21.3. The molecule has 0 saturated carbocycles. The van der Waals surface area contributed by atoms with Gasteiger partial charge in [0.2, 0.25) is 29.5 Å². The molecule has 2 atom stereocenters. The van der Waals surface area contributed by atoms with Crippen LogP contribution in [-0.2, 0) is 38.2 Å². The minimum atomic E-state index is -1.04. The highest BCUT2D eigenvalue weighted by Crippen LogP contribution is 2.34. The van der Waals surface area contributed by atoms with Gasteiger partial charge in [-0.15, -0.1) is 0 Å². The number of nitrogens with zero attached hydrogens (tertiary/aromatic N) is 2. The van der Waals surface area contributed by atoms with E-state index in [1.807, 2.05) is 41.5 Å². The number of anilines is 2. The summed E-state index contributed by atoms with van der Waals surface area (Å²) >= 11 is 0. The largest absolute Gasteiger partial charge is 0.481 e. The van der Waals surface area contributed by atoms with Crippen LogP contribution in [0.4, 0.5) is 21.0 Å². The van der Waals surface area contributed by atoms with Crippen molar-refractivity contribution in [3.8, 4) is 0 Å². The number of rotatable bonds is 37. The third-order valence-electron chi connectivity index (χ3n) is 16.2. The van der Waals surface area contributed by atoms with Crippen molar-refractivity contribution in [1.29, 1.82) is 0 Å². The molecule has 23 heteroatoms. The maximum atomic E-state index is 13.2. The van der Waals surface area contributed by atoms with E-state index >= 15 is 0 Å². The van der Waals surface area contributed by atoms with E-state index in [0.29, 0.717) is 25.9 Å². The highest BCUT2D eigenvalue weighted by atomic mass is 16.6. The quantitative estimate of drug-likeness (QED) is 0.0188. The molecule has 4 heterocycles. The number of hydrogen-bond acceptors (Lipinski definition) is 15. The van der Waals surface area contributed by atoms with E-state index in [0.717, 1.165) is 74.0 Å². The first-order chi connectivity index (χ1) is 44.3. The Morgan fingerprint density at radius 1 is 0.473 bits per heavy atom. The van der Waals surface area contributed by atoms with Crippen molar-refractivity contribution in [2.75, 3.05) is 24.1 Å². The van der Waals surface area contributed by atoms with Crippen LogP contribution in [-0.4, -0.2) is 123 Å². The van der Waals surface area contributed by atoms with Crippen LogP contribution >= 0.6 is 0 Å².